The second-order valence-electron chi connectivity index (χ2n) is 4.99. The zero-order valence-corrected chi connectivity index (χ0v) is 12.3. The number of amides is 1. The second-order valence-corrected chi connectivity index (χ2v) is 4.99. The van der Waals surface area contributed by atoms with E-state index in [1.807, 2.05) is 32.0 Å². The molecule has 0 saturated heterocycles. The molecule has 0 atom stereocenters. The number of nitrogens with one attached hydrogen (secondary N) is 1. The third-order valence-electron chi connectivity index (χ3n) is 3.15. The molecule has 4 heteroatoms. The number of anilines is 2. The lowest BCUT2D eigenvalue weighted by Gasteiger charge is -2.12. The van der Waals surface area contributed by atoms with Crippen molar-refractivity contribution in [3.05, 3.63) is 53.6 Å². The Kier molecular flexibility index (Phi) is 4.82. The molecule has 0 aromatic heterocycles. The van der Waals surface area contributed by atoms with E-state index in [9.17, 15) is 4.79 Å². The van der Waals surface area contributed by atoms with Gasteiger partial charge in [-0.25, -0.2) is 0 Å². The quantitative estimate of drug-likeness (QED) is 0.828. The molecule has 2 aromatic carbocycles. The number of carbonyl (C=O) groups excluding carboxylic acids is 1. The fourth-order valence-electron chi connectivity index (χ4n) is 2.11. The zero-order valence-electron chi connectivity index (χ0n) is 12.3. The van der Waals surface area contributed by atoms with E-state index in [4.69, 9.17) is 10.5 Å². The van der Waals surface area contributed by atoms with Crippen LogP contribution >= 0.6 is 0 Å². The van der Waals surface area contributed by atoms with Crippen LogP contribution in [0.4, 0.5) is 11.4 Å². The van der Waals surface area contributed by atoms with Crippen LogP contribution < -0.4 is 15.8 Å². The molecule has 0 saturated carbocycles. The summed E-state index contributed by atoms with van der Waals surface area (Å²) in [5.41, 5.74) is 9.14. The number of benzene rings is 2. The molecule has 0 aliphatic carbocycles. The van der Waals surface area contributed by atoms with Crippen molar-refractivity contribution < 1.29 is 9.53 Å². The normalized spacial score (nSPS) is 10.2. The van der Waals surface area contributed by atoms with Gasteiger partial charge in [0.15, 0.2) is 0 Å². The van der Waals surface area contributed by atoms with E-state index in [1.165, 1.54) is 0 Å². The van der Waals surface area contributed by atoms with Crippen molar-refractivity contribution in [2.45, 2.75) is 20.3 Å². The first-order valence-electron chi connectivity index (χ1n) is 6.90. The van der Waals surface area contributed by atoms with Crippen LogP contribution in [0.15, 0.2) is 42.5 Å². The van der Waals surface area contributed by atoms with E-state index in [0.717, 1.165) is 16.9 Å². The van der Waals surface area contributed by atoms with Gasteiger partial charge in [-0.05, 0) is 43.2 Å². The Labute approximate surface area is 124 Å². The van der Waals surface area contributed by atoms with Crippen LogP contribution in [0.2, 0.25) is 0 Å². The molecule has 0 aliphatic rings. The van der Waals surface area contributed by atoms with Crippen molar-refractivity contribution in [3.8, 4) is 5.75 Å². The molecule has 0 bridgehead atoms. The number of aryl methyl sites for hydroxylation is 2. The molecule has 110 valence electrons. The molecule has 21 heavy (non-hydrogen) atoms. The number of hydrogen-bond donors (Lipinski definition) is 2. The first-order valence-corrected chi connectivity index (χ1v) is 6.90. The average Bonchev–Trinajstić information content (AvgIpc) is 2.42. The summed E-state index contributed by atoms with van der Waals surface area (Å²) in [6, 6.07) is 13.1. The van der Waals surface area contributed by atoms with Gasteiger partial charge in [0.05, 0.1) is 13.0 Å². The van der Waals surface area contributed by atoms with Crippen molar-refractivity contribution in [2.24, 2.45) is 0 Å². The Morgan fingerprint density at radius 1 is 1.14 bits per heavy atom. The monoisotopic (exact) mass is 284 g/mol. The highest BCUT2D eigenvalue weighted by Crippen LogP contribution is 2.22. The van der Waals surface area contributed by atoms with E-state index in [1.54, 1.807) is 24.3 Å². The SMILES string of the molecule is Cc1cccc(C)c1OCCC(=O)Nc1cccc(N)c1. The van der Waals surface area contributed by atoms with Crippen molar-refractivity contribution in [2.75, 3.05) is 17.7 Å². The van der Waals surface area contributed by atoms with Gasteiger partial charge in [-0.2, -0.15) is 0 Å². The van der Waals surface area contributed by atoms with Crippen LogP contribution in [0.1, 0.15) is 17.5 Å². The van der Waals surface area contributed by atoms with Gasteiger partial charge in [0.2, 0.25) is 5.91 Å². The molecule has 0 unspecified atom stereocenters. The zero-order chi connectivity index (χ0) is 15.2. The van der Waals surface area contributed by atoms with Crippen molar-refractivity contribution in [1.82, 2.24) is 0 Å². The van der Waals surface area contributed by atoms with Crippen LogP contribution in [-0.2, 0) is 4.79 Å². The molecule has 2 aromatic rings. The fourth-order valence-corrected chi connectivity index (χ4v) is 2.11. The van der Waals surface area contributed by atoms with Gasteiger partial charge in [-0.15, -0.1) is 0 Å². The Morgan fingerprint density at radius 2 is 1.81 bits per heavy atom. The van der Waals surface area contributed by atoms with Crippen molar-refractivity contribution in [3.63, 3.8) is 0 Å². The van der Waals surface area contributed by atoms with E-state index in [2.05, 4.69) is 5.32 Å². The number of hydrogen-bond acceptors (Lipinski definition) is 3. The molecular weight excluding hydrogens is 264 g/mol. The molecule has 2 rings (SSSR count). The van der Waals surface area contributed by atoms with Crippen molar-refractivity contribution in [1.29, 1.82) is 0 Å². The smallest absolute Gasteiger partial charge is 0.227 e. The number of para-hydroxylation sites is 1. The number of carbonyl (C=O) groups is 1. The first-order chi connectivity index (χ1) is 10.1. The van der Waals surface area contributed by atoms with E-state index in [0.29, 0.717) is 24.4 Å². The van der Waals surface area contributed by atoms with Gasteiger partial charge in [0, 0.05) is 11.4 Å². The summed E-state index contributed by atoms with van der Waals surface area (Å²) in [4.78, 5) is 11.9. The standard InChI is InChI=1S/C17H20N2O2/c1-12-5-3-6-13(2)17(12)21-10-9-16(20)19-15-8-4-7-14(18)11-15/h3-8,11H,9-10,18H2,1-2H3,(H,19,20). The van der Waals surface area contributed by atoms with E-state index >= 15 is 0 Å². The Morgan fingerprint density at radius 3 is 2.48 bits per heavy atom. The summed E-state index contributed by atoms with van der Waals surface area (Å²) in [5.74, 6) is 0.765. The minimum Gasteiger partial charge on any atom is -0.493 e. The molecule has 0 radical (unpaired) electrons. The maximum absolute atomic E-state index is 11.9. The topological polar surface area (TPSA) is 64.3 Å². The van der Waals surface area contributed by atoms with Gasteiger partial charge in [0.25, 0.3) is 0 Å². The molecule has 1 amide bonds. The third-order valence-corrected chi connectivity index (χ3v) is 3.15. The lowest BCUT2D eigenvalue weighted by Crippen LogP contribution is -2.15. The highest BCUT2D eigenvalue weighted by atomic mass is 16.5. The van der Waals surface area contributed by atoms with Gasteiger partial charge >= 0.3 is 0 Å². The van der Waals surface area contributed by atoms with Gasteiger partial charge < -0.3 is 15.8 Å². The van der Waals surface area contributed by atoms with Crippen LogP contribution in [-0.4, -0.2) is 12.5 Å². The van der Waals surface area contributed by atoms with Gasteiger partial charge in [-0.1, -0.05) is 24.3 Å². The van der Waals surface area contributed by atoms with Crippen LogP contribution in [0.25, 0.3) is 0 Å². The predicted octanol–water partition coefficient (Wildman–Crippen LogP) is 3.29. The highest BCUT2D eigenvalue weighted by Gasteiger charge is 2.06. The summed E-state index contributed by atoms with van der Waals surface area (Å²) >= 11 is 0. The lowest BCUT2D eigenvalue weighted by atomic mass is 10.1. The average molecular weight is 284 g/mol. The minimum absolute atomic E-state index is 0.0909. The Balaban J connectivity index is 1.85. The number of rotatable bonds is 5. The number of nitrogens with two attached hydrogens (primary N) is 1. The Bertz CT molecular complexity index is 618. The van der Waals surface area contributed by atoms with Gasteiger partial charge in [0.1, 0.15) is 5.75 Å². The molecular formula is C17H20N2O2. The fraction of sp³-hybridized carbons (Fsp3) is 0.235. The predicted molar refractivity (Wildman–Crippen MR) is 85.5 cm³/mol. The van der Waals surface area contributed by atoms with E-state index in [-0.39, 0.29) is 5.91 Å². The Hall–Kier alpha value is -2.49. The van der Waals surface area contributed by atoms with Crippen molar-refractivity contribution >= 4 is 17.3 Å². The number of ether oxygens (including phenoxy) is 1. The maximum Gasteiger partial charge on any atom is 0.227 e. The largest absolute Gasteiger partial charge is 0.493 e. The second kappa shape index (κ2) is 6.79. The first kappa shape index (κ1) is 14.9. The summed E-state index contributed by atoms with van der Waals surface area (Å²) in [6.45, 7) is 4.34. The van der Waals surface area contributed by atoms with E-state index < -0.39 is 0 Å². The lowest BCUT2D eigenvalue weighted by molar-refractivity contribution is -0.116. The molecule has 0 fully saturated rings. The summed E-state index contributed by atoms with van der Waals surface area (Å²) in [5, 5.41) is 2.80. The third kappa shape index (κ3) is 4.24. The minimum atomic E-state index is -0.0909. The highest BCUT2D eigenvalue weighted by molar-refractivity contribution is 5.91. The summed E-state index contributed by atoms with van der Waals surface area (Å²) < 4.78 is 5.71. The van der Waals surface area contributed by atoms with Gasteiger partial charge in [-0.3, -0.25) is 4.79 Å². The molecule has 4 nitrogen and oxygen atoms in total. The summed E-state index contributed by atoms with van der Waals surface area (Å²) in [6.07, 6.45) is 0.294. The molecule has 3 N–H and O–H groups in total. The maximum atomic E-state index is 11.9. The molecule has 0 heterocycles. The van der Waals surface area contributed by atoms with Crippen LogP contribution in [0, 0.1) is 13.8 Å². The number of nitrogen functional groups attached to an aromatic ring is 1. The van der Waals surface area contributed by atoms with Crippen LogP contribution in [0.3, 0.4) is 0 Å². The van der Waals surface area contributed by atoms with Crippen LogP contribution in [0.5, 0.6) is 5.75 Å². The summed E-state index contributed by atoms with van der Waals surface area (Å²) in [7, 11) is 0. The molecule has 0 aliphatic heterocycles. The molecule has 0 spiro atoms.